The summed E-state index contributed by atoms with van der Waals surface area (Å²) in [7, 11) is 0. The van der Waals surface area contributed by atoms with E-state index in [1.807, 2.05) is 23.9 Å². The van der Waals surface area contributed by atoms with Gasteiger partial charge in [0.05, 0.1) is 0 Å². The summed E-state index contributed by atoms with van der Waals surface area (Å²) in [6.45, 7) is 4.02. The Bertz CT molecular complexity index is 424. The zero-order valence-corrected chi connectivity index (χ0v) is 14.8. The molecular weight excluding hydrogens is 290 g/mol. The third kappa shape index (κ3) is 9.00. The summed E-state index contributed by atoms with van der Waals surface area (Å²) in [5.41, 5.74) is 0. The van der Waals surface area contributed by atoms with E-state index in [0.29, 0.717) is 0 Å². The third-order valence-corrected chi connectivity index (χ3v) is 4.68. The van der Waals surface area contributed by atoms with Crippen LogP contribution < -0.4 is 4.74 Å². The number of ether oxygens (including phenoxy) is 1. The minimum absolute atomic E-state index is 0.393. The first-order valence-corrected chi connectivity index (χ1v) is 9.54. The van der Waals surface area contributed by atoms with E-state index >= 15 is 0 Å². The number of rotatable bonds is 12. The molecule has 1 rings (SSSR count). The van der Waals surface area contributed by atoms with Crippen LogP contribution in [0.5, 0.6) is 5.75 Å². The molecule has 1 atom stereocenters. The number of nitriles is 1. The van der Waals surface area contributed by atoms with Crippen LogP contribution in [0.4, 0.5) is 0 Å². The number of hydrogen-bond donors (Lipinski definition) is 0. The molecule has 0 aliphatic heterocycles. The number of thioether (sulfide) groups is 1. The van der Waals surface area contributed by atoms with Crippen molar-refractivity contribution in [2.75, 3.05) is 5.75 Å². The largest absolute Gasteiger partial charge is 0.476 e. The number of unbranched alkanes of at least 4 members (excludes halogenated alkanes) is 7. The normalized spacial score (nSPS) is 11.9. The van der Waals surface area contributed by atoms with Crippen molar-refractivity contribution < 1.29 is 4.74 Å². The lowest BCUT2D eigenvalue weighted by molar-refractivity contribution is 0.276. The maximum atomic E-state index is 8.72. The smallest absolute Gasteiger partial charge is 0.181 e. The number of hydrogen-bond acceptors (Lipinski definition) is 3. The second-order valence-corrected chi connectivity index (χ2v) is 6.85. The quantitative estimate of drug-likeness (QED) is 0.339. The average Bonchev–Trinajstić information content (AvgIpc) is 2.54. The van der Waals surface area contributed by atoms with Crippen LogP contribution in [-0.2, 0) is 0 Å². The Labute approximate surface area is 140 Å². The van der Waals surface area contributed by atoms with Gasteiger partial charge in [0, 0.05) is 4.90 Å². The van der Waals surface area contributed by atoms with Crippen molar-refractivity contribution in [2.24, 2.45) is 0 Å². The van der Waals surface area contributed by atoms with E-state index in [1.165, 1.54) is 62.0 Å². The predicted octanol–water partition coefficient (Wildman–Crippen LogP) is 6.21. The molecule has 2 nitrogen and oxygen atoms in total. The second kappa shape index (κ2) is 12.4. The van der Waals surface area contributed by atoms with Gasteiger partial charge in [-0.1, -0.05) is 51.9 Å². The van der Waals surface area contributed by atoms with E-state index in [4.69, 9.17) is 10.00 Å². The van der Waals surface area contributed by atoms with Gasteiger partial charge in [0.15, 0.2) is 6.10 Å². The van der Waals surface area contributed by atoms with Gasteiger partial charge in [0.2, 0.25) is 0 Å². The van der Waals surface area contributed by atoms with Crippen LogP contribution in [0.2, 0.25) is 0 Å². The van der Waals surface area contributed by atoms with E-state index in [-0.39, 0.29) is 0 Å². The lowest BCUT2D eigenvalue weighted by Crippen LogP contribution is -2.07. The Morgan fingerprint density at radius 2 is 1.59 bits per heavy atom. The number of nitrogens with zero attached hydrogens (tertiary/aromatic N) is 1. The van der Waals surface area contributed by atoms with Crippen molar-refractivity contribution in [1.82, 2.24) is 0 Å². The summed E-state index contributed by atoms with van der Waals surface area (Å²) in [5, 5.41) is 8.72. The third-order valence-electron chi connectivity index (χ3n) is 3.59. The van der Waals surface area contributed by atoms with Crippen LogP contribution in [0.25, 0.3) is 0 Å². The average molecular weight is 320 g/mol. The molecule has 0 N–H and O–H groups in total. The van der Waals surface area contributed by atoms with Gasteiger partial charge >= 0.3 is 0 Å². The second-order valence-electron chi connectivity index (χ2n) is 5.68. The van der Waals surface area contributed by atoms with Crippen molar-refractivity contribution in [3.05, 3.63) is 24.3 Å². The molecule has 0 bridgehead atoms. The molecule has 3 heteroatoms. The molecule has 1 aromatic carbocycles. The summed E-state index contributed by atoms with van der Waals surface area (Å²) < 4.78 is 5.45. The molecular formula is C19H29NOS. The molecule has 122 valence electrons. The minimum Gasteiger partial charge on any atom is -0.476 e. The van der Waals surface area contributed by atoms with Crippen LogP contribution in [0.3, 0.4) is 0 Å². The van der Waals surface area contributed by atoms with Gasteiger partial charge in [-0.05, 0) is 43.4 Å². The molecule has 0 spiro atoms. The van der Waals surface area contributed by atoms with E-state index in [9.17, 15) is 0 Å². The van der Waals surface area contributed by atoms with Crippen LogP contribution in [-0.4, -0.2) is 11.9 Å². The van der Waals surface area contributed by atoms with Crippen LogP contribution >= 0.6 is 11.8 Å². The first-order valence-electron chi connectivity index (χ1n) is 8.55. The lowest BCUT2D eigenvalue weighted by Gasteiger charge is -2.08. The van der Waals surface area contributed by atoms with E-state index < -0.39 is 6.10 Å². The standard InChI is InChI=1S/C19H29NOS/c1-3-4-5-6-7-8-9-10-15-22-19-13-11-18(12-14-19)21-17(2)16-20/h11-14,17H,3-10,15H2,1-2H3/t17-/m1/s1. The van der Waals surface area contributed by atoms with E-state index in [2.05, 4.69) is 25.1 Å². The summed E-state index contributed by atoms with van der Waals surface area (Å²) in [6, 6.07) is 10.1. The molecule has 0 aliphatic carbocycles. The highest BCUT2D eigenvalue weighted by Gasteiger charge is 2.01. The fourth-order valence-electron chi connectivity index (χ4n) is 2.27. The lowest BCUT2D eigenvalue weighted by atomic mass is 10.1. The van der Waals surface area contributed by atoms with Gasteiger partial charge in [-0.3, -0.25) is 0 Å². The maximum Gasteiger partial charge on any atom is 0.181 e. The van der Waals surface area contributed by atoms with E-state index in [0.717, 1.165) is 5.75 Å². The Morgan fingerprint density at radius 3 is 2.18 bits per heavy atom. The first-order chi connectivity index (χ1) is 10.8. The molecule has 1 aromatic rings. The van der Waals surface area contributed by atoms with Crippen LogP contribution in [0.15, 0.2) is 29.2 Å². The molecule has 0 aliphatic rings. The van der Waals surface area contributed by atoms with Gasteiger partial charge < -0.3 is 4.74 Å². The Hall–Kier alpha value is -1.14. The topological polar surface area (TPSA) is 33.0 Å². The Balaban J connectivity index is 2.06. The van der Waals surface area contributed by atoms with Gasteiger partial charge in [0.1, 0.15) is 11.8 Å². The summed E-state index contributed by atoms with van der Waals surface area (Å²) in [6.07, 6.45) is 10.6. The molecule has 0 unspecified atom stereocenters. The molecule has 0 amide bonds. The van der Waals surface area contributed by atoms with Gasteiger partial charge in [-0.2, -0.15) is 5.26 Å². The molecule has 22 heavy (non-hydrogen) atoms. The number of benzene rings is 1. The van der Waals surface area contributed by atoms with Crippen LogP contribution in [0.1, 0.15) is 65.2 Å². The molecule has 0 radical (unpaired) electrons. The Morgan fingerprint density at radius 1 is 1.00 bits per heavy atom. The minimum atomic E-state index is -0.393. The zero-order valence-electron chi connectivity index (χ0n) is 14.0. The van der Waals surface area contributed by atoms with Crippen molar-refractivity contribution in [3.8, 4) is 11.8 Å². The molecule has 0 fully saturated rings. The van der Waals surface area contributed by atoms with Crippen molar-refractivity contribution in [2.45, 2.75) is 76.2 Å². The van der Waals surface area contributed by atoms with Crippen molar-refractivity contribution in [3.63, 3.8) is 0 Å². The molecule has 0 saturated carbocycles. The monoisotopic (exact) mass is 319 g/mol. The molecule has 0 aromatic heterocycles. The Kier molecular flexibility index (Phi) is 10.7. The van der Waals surface area contributed by atoms with Crippen molar-refractivity contribution in [1.29, 1.82) is 5.26 Å². The maximum absolute atomic E-state index is 8.72. The van der Waals surface area contributed by atoms with E-state index in [1.54, 1.807) is 6.92 Å². The highest BCUT2D eigenvalue weighted by molar-refractivity contribution is 7.99. The van der Waals surface area contributed by atoms with Crippen molar-refractivity contribution >= 4 is 11.8 Å². The first kappa shape index (κ1) is 18.9. The highest BCUT2D eigenvalue weighted by atomic mass is 32.2. The fourth-order valence-corrected chi connectivity index (χ4v) is 3.18. The highest BCUT2D eigenvalue weighted by Crippen LogP contribution is 2.23. The molecule has 0 saturated heterocycles. The summed E-state index contributed by atoms with van der Waals surface area (Å²) >= 11 is 1.91. The van der Waals surface area contributed by atoms with Crippen LogP contribution in [0, 0.1) is 11.3 Å². The van der Waals surface area contributed by atoms with Gasteiger partial charge in [-0.15, -0.1) is 11.8 Å². The zero-order chi connectivity index (χ0) is 16.0. The SMILES string of the molecule is CCCCCCCCCCSc1ccc(O[C@H](C)C#N)cc1. The summed E-state index contributed by atoms with van der Waals surface area (Å²) in [5.74, 6) is 1.95. The predicted molar refractivity (Wildman–Crippen MR) is 95.5 cm³/mol. The van der Waals surface area contributed by atoms with Gasteiger partial charge in [0.25, 0.3) is 0 Å². The van der Waals surface area contributed by atoms with Gasteiger partial charge in [-0.25, -0.2) is 0 Å². The fraction of sp³-hybridized carbons (Fsp3) is 0.632. The molecule has 0 heterocycles. The summed E-state index contributed by atoms with van der Waals surface area (Å²) in [4.78, 5) is 1.28.